The van der Waals surface area contributed by atoms with Crippen LogP contribution in [0.25, 0.3) is 0 Å². The Hall–Kier alpha value is 0.250. The average molecular weight is 210 g/mol. The van der Waals surface area contributed by atoms with Gasteiger partial charge in [-0.15, -0.1) is 0 Å². The fraction of sp³-hybridized carbons (Fsp3) is 0.600. The molecule has 7 heavy (non-hydrogen) atoms. The van der Waals surface area contributed by atoms with Crippen molar-refractivity contribution in [3.05, 3.63) is 0 Å². The third kappa shape index (κ3) is 4.10. The van der Waals surface area contributed by atoms with Gasteiger partial charge in [0.25, 0.3) is 0 Å². The van der Waals surface area contributed by atoms with Crippen LogP contribution < -0.4 is 0 Å². The van der Waals surface area contributed by atoms with E-state index in [0.717, 1.165) is 6.42 Å². The molecule has 1 N–H and O–H groups in total. The van der Waals surface area contributed by atoms with Crippen molar-refractivity contribution in [3.8, 4) is 9.85 Å². The first-order chi connectivity index (χ1) is 3.31. The minimum Gasteiger partial charge on any atom is -0.380 e. The summed E-state index contributed by atoms with van der Waals surface area (Å²) in [5.41, 5.74) is 0. The monoisotopic (exact) mass is 210 g/mol. The molecule has 2 heteroatoms. The second-order valence-corrected chi connectivity index (χ2v) is 1.70. The van der Waals surface area contributed by atoms with Crippen molar-refractivity contribution in [2.45, 2.75) is 19.4 Å². The molecule has 0 amide bonds. The summed E-state index contributed by atoms with van der Waals surface area (Å²) in [6.45, 7) is 1.89. The highest BCUT2D eigenvalue weighted by molar-refractivity contribution is 14.1. The van der Waals surface area contributed by atoms with Crippen molar-refractivity contribution in [1.82, 2.24) is 0 Å². The first-order valence-corrected chi connectivity index (χ1v) is 3.18. The largest absolute Gasteiger partial charge is 0.380 e. The second-order valence-electron chi connectivity index (χ2n) is 1.16. The predicted molar refractivity (Wildman–Crippen MR) is 38.1 cm³/mol. The molecule has 0 aromatic rings. The molecule has 0 saturated heterocycles. The lowest BCUT2D eigenvalue weighted by Crippen LogP contribution is -1.97. The standard InChI is InChI=1S/C5H7IO/c1-2-5(7)3-4-6/h5,7H,2H2,1H3. The fourth-order valence-electron chi connectivity index (χ4n) is 0.165. The van der Waals surface area contributed by atoms with E-state index in [-0.39, 0.29) is 0 Å². The summed E-state index contributed by atoms with van der Waals surface area (Å²) in [4.78, 5) is 0. The number of hydrogen-bond donors (Lipinski definition) is 1. The molecule has 0 saturated carbocycles. The van der Waals surface area contributed by atoms with Crippen LogP contribution in [0.5, 0.6) is 0 Å². The van der Waals surface area contributed by atoms with Crippen LogP contribution >= 0.6 is 22.6 Å². The van der Waals surface area contributed by atoms with Crippen molar-refractivity contribution >= 4 is 22.6 Å². The van der Waals surface area contributed by atoms with Gasteiger partial charge in [0.1, 0.15) is 6.10 Å². The Bertz CT molecular complexity index is 90.0. The van der Waals surface area contributed by atoms with Crippen molar-refractivity contribution in [2.75, 3.05) is 0 Å². The molecule has 0 aromatic heterocycles. The van der Waals surface area contributed by atoms with E-state index in [9.17, 15) is 0 Å². The number of aliphatic hydroxyl groups excluding tert-OH is 1. The van der Waals surface area contributed by atoms with Crippen LogP contribution in [0.3, 0.4) is 0 Å². The van der Waals surface area contributed by atoms with Crippen LogP contribution in [0.4, 0.5) is 0 Å². The summed E-state index contributed by atoms with van der Waals surface area (Å²) in [6.07, 6.45) is 0.299. The lowest BCUT2D eigenvalue weighted by molar-refractivity contribution is 0.228. The molecule has 0 aliphatic rings. The Kier molecular flexibility index (Phi) is 4.57. The maximum Gasteiger partial charge on any atom is 0.115 e. The number of aliphatic hydroxyl groups is 1. The van der Waals surface area contributed by atoms with Gasteiger partial charge in [0.15, 0.2) is 0 Å². The Morgan fingerprint density at radius 2 is 2.43 bits per heavy atom. The third-order valence-electron chi connectivity index (χ3n) is 0.608. The van der Waals surface area contributed by atoms with Crippen LogP contribution in [0.15, 0.2) is 0 Å². The molecule has 0 rings (SSSR count). The van der Waals surface area contributed by atoms with Crippen LogP contribution in [0.1, 0.15) is 13.3 Å². The summed E-state index contributed by atoms with van der Waals surface area (Å²) in [7, 11) is 0. The molecule has 0 aromatic carbocycles. The third-order valence-corrected chi connectivity index (χ3v) is 0.919. The minimum absolute atomic E-state index is 0.420. The van der Waals surface area contributed by atoms with Gasteiger partial charge in [0.2, 0.25) is 0 Å². The number of halogens is 1. The van der Waals surface area contributed by atoms with Crippen molar-refractivity contribution < 1.29 is 5.11 Å². The SMILES string of the molecule is CCC(O)C#CI. The van der Waals surface area contributed by atoms with Crippen LogP contribution in [0, 0.1) is 9.85 Å². The molecule has 1 atom stereocenters. The highest BCUT2D eigenvalue weighted by Crippen LogP contribution is 1.85. The van der Waals surface area contributed by atoms with E-state index < -0.39 is 6.10 Å². The highest BCUT2D eigenvalue weighted by Gasteiger charge is 1.88. The number of hydrogen-bond acceptors (Lipinski definition) is 1. The molecule has 0 aliphatic heterocycles. The quantitative estimate of drug-likeness (QED) is 0.508. The molecule has 0 spiro atoms. The molecule has 1 nitrogen and oxygen atoms in total. The molecular weight excluding hydrogens is 203 g/mol. The zero-order valence-electron chi connectivity index (χ0n) is 4.11. The van der Waals surface area contributed by atoms with E-state index >= 15 is 0 Å². The van der Waals surface area contributed by atoms with Gasteiger partial charge in [-0.3, -0.25) is 0 Å². The van der Waals surface area contributed by atoms with Crippen LogP contribution in [-0.4, -0.2) is 11.2 Å². The molecule has 0 fully saturated rings. The molecule has 0 bridgehead atoms. The van der Waals surface area contributed by atoms with Crippen LogP contribution in [0.2, 0.25) is 0 Å². The summed E-state index contributed by atoms with van der Waals surface area (Å²) < 4.78 is 2.59. The van der Waals surface area contributed by atoms with E-state index in [2.05, 4.69) is 9.85 Å². The van der Waals surface area contributed by atoms with Gasteiger partial charge in [-0.1, -0.05) is 12.8 Å². The Morgan fingerprint density at radius 1 is 1.86 bits per heavy atom. The maximum absolute atomic E-state index is 8.68. The summed E-state index contributed by atoms with van der Waals surface area (Å²) >= 11 is 1.90. The lowest BCUT2D eigenvalue weighted by atomic mass is 10.3. The maximum atomic E-state index is 8.68. The average Bonchev–Trinajstić information content (AvgIpc) is 1.68. The summed E-state index contributed by atoms with van der Waals surface area (Å²) in [5.74, 6) is 2.59. The molecule has 0 aliphatic carbocycles. The predicted octanol–water partition coefficient (Wildman–Crippen LogP) is 1.15. The van der Waals surface area contributed by atoms with Crippen molar-refractivity contribution in [2.24, 2.45) is 0 Å². The first-order valence-electron chi connectivity index (χ1n) is 2.10. The second kappa shape index (κ2) is 4.41. The summed E-state index contributed by atoms with van der Waals surface area (Å²) in [5, 5.41) is 8.68. The topological polar surface area (TPSA) is 20.2 Å². The Morgan fingerprint density at radius 3 is 2.57 bits per heavy atom. The number of rotatable bonds is 1. The van der Waals surface area contributed by atoms with Gasteiger partial charge in [0, 0.05) is 22.6 Å². The van der Waals surface area contributed by atoms with Gasteiger partial charge in [0.05, 0.1) is 0 Å². The molecular formula is C5H7IO. The van der Waals surface area contributed by atoms with Gasteiger partial charge in [-0.05, 0) is 10.3 Å². The van der Waals surface area contributed by atoms with Crippen molar-refractivity contribution in [1.29, 1.82) is 0 Å². The van der Waals surface area contributed by atoms with Gasteiger partial charge in [-0.2, -0.15) is 0 Å². The van der Waals surface area contributed by atoms with E-state index in [0.29, 0.717) is 0 Å². The van der Waals surface area contributed by atoms with E-state index in [4.69, 9.17) is 5.11 Å². The zero-order valence-corrected chi connectivity index (χ0v) is 6.27. The molecule has 0 heterocycles. The van der Waals surface area contributed by atoms with Gasteiger partial charge >= 0.3 is 0 Å². The van der Waals surface area contributed by atoms with E-state index in [1.807, 2.05) is 29.5 Å². The minimum atomic E-state index is -0.420. The Balaban J connectivity index is 3.29. The summed E-state index contributed by atoms with van der Waals surface area (Å²) in [6, 6.07) is 0. The normalized spacial score (nSPS) is 11.9. The highest BCUT2D eigenvalue weighted by atomic mass is 127. The lowest BCUT2D eigenvalue weighted by Gasteiger charge is -1.91. The molecule has 40 valence electrons. The van der Waals surface area contributed by atoms with E-state index in [1.54, 1.807) is 0 Å². The zero-order chi connectivity index (χ0) is 5.70. The smallest absolute Gasteiger partial charge is 0.115 e. The Labute approximate surface area is 57.3 Å². The van der Waals surface area contributed by atoms with Gasteiger partial charge < -0.3 is 5.11 Å². The van der Waals surface area contributed by atoms with E-state index in [1.165, 1.54) is 0 Å². The molecule has 0 radical (unpaired) electrons. The van der Waals surface area contributed by atoms with Crippen molar-refractivity contribution in [3.63, 3.8) is 0 Å². The fourth-order valence-corrected chi connectivity index (χ4v) is 0.525. The van der Waals surface area contributed by atoms with Gasteiger partial charge in [-0.25, -0.2) is 0 Å². The first kappa shape index (κ1) is 7.25. The van der Waals surface area contributed by atoms with Crippen LogP contribution in [-0.2, 0) is 0 Å². The molecule has 1 unspecified atom stereocenters.